The molecule has 3 rings (SSSR count). The number of Topliss-reactive ketones (excluding diaryl/α,β-unsaturated/α-hetero) is 1. The highest BCUT2D eigenvalue weighted by Gasteiger charge is 2.50. The summed E-state index contributed by atoms with van der Waals surface area (Å²) >= 11 is 0. The van der Waals surface area contributed by atoms with Gasteiger partial charge in [-0.2, -0.15) is 0 Å². The fraction of sp³-hybridized carbons (Fsp3) is 0.643. The molecule has 1 nitrogen and oxygen atoms in total. The highest BCUT2D eigenvalue weighted by atomic mass is 16.1. The lowest BCUT2D eigenvalue weighted by Crippen LogP contribution is -2.21. The lowest BCUT2D eigenvalue weighted by Gasteiger charge is -2.17. The average Bonchev–Trinajstić information content (AvgIpc) is 2.88. The van der Waals surface area contributed by atoms with Crippen LogP contribution in [0, 0.1) is 23.7 Å². The van der Waals surface area contributed by atoms with E-state index in [0.29, 0.717) is 29.5 Å². The van der Waals surface area contributed by atoms with E-state index in [-0.39, 0.29) is 0 Å². The Balaban J connectivity index is 1.80. The van der Waals surface area contributed by atoms with E-state index in [1.165, 1.54) is 19.3 Å². The second kappa shape index (κ2) is 3.33. The van der Waals surface area contributed by atoms with Gasteiger partial charge in [0.05, 0.1) is 0 Å². The highest BCUT2D eigenvalue weighted by molar-refractivity contribution is 6.00. The van der Waals surface area contributed by atoms with Crippen LogP contribution in [0.3, 0.4) is 0 Å². The lowest BCUT2D eigenvalue weighted by molar-refractivity contribution is -0.119. The largest absolute Gasteiger partial charge is 0.294 e. The van der Waals surface area contributed by atoms with Gasteiger partial charge in [0.15, 0.2) is 5.78 Å². The quantitative estimate of drug-likeness (QED) is 0.643. The van der Waals surface area contributed by atoms with Crippen LogP contribution in [0.1, 0.15) is 32.6 Å². The van der Waals surface area contributed by atoms with Gasteiger partial charge in [-0.25, -0.2) is 0 Å². The van der Waals surface area contributed by atoms with E-state index < -0.39 is 0 Å². The minimum atomic E-state index is 0.340. The van der Waals surface area contributed by atoms with Gasteiger partial charge in [-0.05, 0) is 42.6 Å². The van der Waals surface area contributed by atoms with Gasteiger partial charge in [0.2, 0.25) is 0 Å². The number of fused-ring (bicyclic) bond motifs is 5. The van der Waals surface area contributed by atoms with Crippen molar-refractivity contribution < 1.29 is 4.79 Å². The van der Waals surface area contributed by atoms with Crippen LogP contribution in [0.2, 0.25) is 0 Å². The third-order valence-corrected chi connectivity index (χ3v) is 4.33. The Morgan fingerprint density at radius 3 is 2.87 bits per heavy atom. The Morgan fingerprint density at radius 1 is 1.33 bits per heavy atom. The summed E-state index contributed by atoms with van der Waals surface area (Å²) in [4.78, 5) is 12.2. The number of carbonyl (C=O) groups is 1. The molecule has 0 saturated heterocycles. The van der Waals surface area contributed by atoms with Gasteiger partial charge in [-0.3, -0.25) is 4.79 Å². The maximum Gasteiger partial charge on any atom is 0.162 e. The molecule has 1 fully saturated rings. The maximum absolute atomic E-state index is 12.2. The molecule has 0 heterocycles. The predicted octanol–water partition coefficient (Wildman–Crippen LogP) is 3.12. The third-order valence-electron chi connectivity index (χ3n) is 4.33. The molecule has 0 aromatic carbocycles. The predicted molar refractivity (Wildman–Crippen MR) is 60.3 cm³/mol. The first kappa shape index (κ1) is 9.38. The molecular formula is C14H18O. The van der Waals surface area contributed by atoms with Crippen molar-refractivity contribution in [3.8, 4) is 0 Å². The first-order valence-corrected chi connectivity index (χ1v) is 6.24. The topological polar surface area (TPSA) is 17.1 Å². The second-order valence-electron chi connectivity index (χ2n) is 5.21. The van der Waals surface area contributed by atoms with Gasteiger partial charge in [-0.1, -0.05) is 31.6 Å². The zero-order valence-corrected chi connectivity index (χ0v) is 9.28. The molecule has 1 heteroatoms. The number of unbranched alkanes of at least 4 members (excludes halogenated alkanes) is 1. The smallest absolute Gasteiger partial charge is 0.162 e. The normalized spacial score (nSPS) is 41.1. The zero-order valence-electron chi connectivity index (χ0n) is 9.28. The average molecular weight is 202 g/mol. The fourth-order valence-electron chi connectivity index (χ4n) is 3.56. The van der Waals surface area contributed by atoms with Crippen LogP contribution in [0.25, 0.3) is 0 Å². The molecular weight excluding hydrogens is 184 g/mol. The number of carbonyl (C=O) groups excluding carboxylic acids is 1. The van der Waals surface area contributed by atoms with E-state index in [1.54, 1.807) is 0 Å². The molecule has 80 valence electrons. The van der Waals surface area contributed by atoms with Crippen LogP contribution in [0.4, 0.5) is 0 Å². The number of rotatable bonds is 3. The Labute approximate surface area is 91.2 Å². The highest BCUT2D eigenvalue weighted by Crippen LogP contribution is 2.53. The number of hydrogen-bond donors (Lipinski definition) is 0. The zero-order chi connectivity index (χ0) is 10.4. The van der Waals surface area contributed by atoms with Gasteiger partial charge < -0.3 is 0 Å². The summed E-state index contributed by atoms with van der Waals surface area (Å²) in [6.45, 7) is 2.19. The van der Waals surface area contributed by atoms with Crippen LogP contribution >= 0.6 is 0 Å². The summed E-state index contributed by atoms with van der Waals surface area (Å²) < 4.78 is 0. The molecule has 0 radical (unpaired) electrons. The number of allylic oxidation sites excluding steroid dienone is 4. The van der Waals surface area contributed by atoms with Crippen molar-refractivity contribution in [3.05, 3.63) is 23.8 Å². The molecule has 15 heavy (non-hydrogen) atoms. The summed E-state index contributed by atoms with van der Waals surface area (Å²) in [5.74, 6) is 2.64. The molecule has 2 unspecified atom stereocenters. The Morgan fingerprint density at radius 2 is 2.13 bits per heavy atom. The molecule has 2 bridgehead atoms. The van der Waals surface area contributed by atoms with Gasteiger partial charge in [0.1, 0.15) is 0 Å². The summed E-state index contributed by atoms with van der Waals surface area (Å²) in [6.07, 6.45) is 11.5. The summed E-state index contributed by atoms with van der Waals surface area (Å²) in [5.41, 5.74) is 1.14. The van der Waals surface area contributed by atoms with E-state index in [1.807, 2.05) is 0 Å². The van der Waals surface area contributed by atoms with Gasteiger partial charge >= 0.3 is 0 Å². The van der Waals surface area contributed by atoms with Crippen LogP contribution in [0.5, 0.6) is 0 Å². The summed E-state index contributed by atoms with van der Waals surface area (Å²) in [7, 11) is 0. The molecule has 4 atom stereocenters. The van der Waals surface area contributed by atoms with E-state index in [9.17, 15) is 4.79 Å². The van der Waals surface area contributed by atoms with Crippen molar-refractivity contribution in [2.75, 3.05) is 0 Å². The summed E-state index contributed by atoms with van der Waals surface area (Å²) in [6, 6.07) is 0. The Hall–Kier alpha value is -0.850. The van der Waals surface area contributed by atoms with Crippen molar-refractivity contribution in [1.29, 1.82) is 0 Å². The van der Waals surface area contributed by atoms with Gasteiger partial charge in [-0.15, -0.1) is 0 Å². The van der Waals surface area contributed by atoms with Crippen LogP contribution in [-0.4, -0.2) is 5.78 Å². The van der Waals surface area contributed by atoms with Gasteiger partial charge in [0.25, 0.3) is 0 Å². The molecule has 0 N–H and O–H groups in total. The minimum Gasteiger partial charge on any atom is -0.294 e. The minimum absolute atomic E-state index is 0.340. The molecule has 3 aliphatic carbocycles. The molecule has 1 saturated carbocycles. The van der Waals surface area contributed by atoms with Crippen LogP contribution in [-0.2, 0) is 4.79 Å². The van der Waals surface area contributed by atoms with E-state index in [0.717, 1.165) is 12.0 Å². The van der Waals surface area contributed by atoms with Crippen molar-refractivity contribution in [2.45, 2.75) is 32.6 Å². The van der Waals surface area contributed by atoms with E-state index in [2.05, 4.69) is 25.2 Å². The standard InChI is InChI=1S/C14H18O/c1-2-3-4-11-8-12-9-5-6-10(7-9)13(12)14(11)15/h5-6,8-10,12-13H,2-4,7H2,1H3/t9-,10+,12?,13?/m1/s1. The SMILES string of the molecule is CCCCC1=CC2C(C1=O)[C@H]1C=C[C@@H]2C1. The van der Waals surface area contributed by atoms with Crippen LogP contribution in [0.15, 0.2) is 23.8 Å². The molecule has 0 spiro atoms. The molecule has 0 amide bonds. The summed E-state index contributed by atoms with van der Waals surface area (Å²) in [5, 5.41) is 0. The molecule has 0 aromatic rings. The Bertz CT molecular complexity index is 350. The molecule has 3 aliphatic rings. The number of ketones is 1. The third kappa shape index (κ3) is 1.25. The second-order valence-corrected chi connectivity index (χ2v) is 5.21. The van der Waals surface area contributed by atoms with Crippen molar-refractivity contribution in [3.63, 3.8) is 0 Å². The number of hydrogen-bond acceptors (Lipinski definition) is 1. The first-order chi connectivity index (χ1) is 7.31. The maximum atomic E-state index is 12.2. The monoisotopic (exact) mass is 202 g/mol. The first-order valence-electron chi connectivity index (χ1n) is 6.24. The van der Waals surface area contributed by atoms with E-state index >= 15 is 0 Å². The van der Waals surface area contributed by atoms with E-state index in [4.69, 9.17) is 0 Å². The van der Waals surface area contributed by atoms with Crippen molar-refractivity contribution in [2.24, 2.45) is 23.7 Å². The molecule has 0 aliphatic heterocycles. The fourth-order valence-corrected chi connectivity index (χ4v) is 3.56. The van der Waals surface area contributed by atoms with Crippen molar-refractivity contribution >= 4 is 5.78 Å². The lowest BCUT2D eigenvalue weighted by atomic mass is 9.85. The van der Waals surface area contributed by atoms with Gasteiger partial charge in [0, 0.05) is 5.92 Å². The Kier molecular flexibility index (Phi) is 2.08. The van der Waals surface area contributed by atoms with Crippen molar-refractivity contribution in [1.82, 2.24) is 0 Å². The molecule has 0 aromatic heterocycles. The van der Waals surface area contributed by atoms with Crippen LogP contribution < -0.4 is 0 Å².